The van der Waals surface area contributed by atoms with Crippen molar-refractivity contribution in [3.05, 3.63) is 64.7 Å². The molecule has 0 fully saturated rings. The van der Waals surface area contributed by atoms with Gasteiger partial charge in [-0.05, 0) is 37.1 Å². The predicted octanol–water partition coefficient (Wildman–Crippen LogP) is 3.79. The van der Waals surface area contributed by atoms with E-state index in [9.17, 15) is 4.79 Å². The molecule has 0 aromatic carbocycles. The smallest absolute Gasteiger partial charge is 0.263 e. The van der Waals surface area contributed by atoms with Gasteiger partial charge in [0.15, 0.2) is 0 Å². The maximum absolute atomic E-state index is 12.5. The Morgan fingerprint density at radius 3 is 2.92 bits per heavy atom. The molecule has 0 spiro atoms. The number of hydrogen-bond donors (Lipinski definition) is 1. The van der Waals surface area contributed by atoms with Crippen LogP contribution < -0.4 is 5.32 Å². The monoisotopic (exact) mass is 352 g/mol. The highest BCUT2D eigenvalue weighted by Crippen LogP contribution is 2.28. The number of aryl methyl sites for hydroxylation is 2. The lowest BCUT2D eigenvalue weighted by atomic mass is 10.2. The lowest BCUT2D eigenvalue weighted by Crippen LogP contribution is -2.22. The fraction of sp³-hybridized carbons (Fsp3) is 0.263. The minimum absolute atomic E-state index is 0.104. The number of amides is 1. The van der Waals surface area contributed by atoms with E-state index in [1.165, 1.54) is 11.3 Å². The molecule has 6 heteroatoms. The fourth-order valence-electron chi connectivity index (χ4n) is 2.50. The summed E-state index contributed by atoms with van der Waals surface area (Å²) in [5.74, 6) is -0.104. The van der Waals surface area contributed by atoms with Gasteiger partial charge in [-0.2, -0.15) is 0 Å². The van der Waals surface area contributed by atoms with Crippen LogP contribution in [-0.4, -0.2) is 20.9 Å². The molecule has 0 aliphatic carbocycles. The van der Waals surface area contributed by atoms with Crippen LogP contribution >= 0.6 is 11.3 Å². The second kappa shape index (κ2) is 7.98. The van der Waals surface area contributed by atoms with Gasteiger partial charge in [0.05, 0.1) is 5.69 Å². The van der Waals surface area contributed by atoms with Gasteiger partial charge < -0.3 is 5.32 Å². The lowest BCUT2D eigenvalue weighted by Gasteiger charge is -2.03. The summed E-state index contributed by atoms with van der Waals surface area (Å²) in [6.45, 7) is 4.45. The normalized spacial score (nSPS) is 10.6. The maximum atomic E-state index is 12.5. The van der Waals surface area contributed by atoms with Crippen LogP contribution in [0, 0.1) is 6.92 Å². The van der Waals surface area contributed by atoms with Crippen molar-refractivity contribution in [1.82, 2.24) is 20.3 Å². The average molecular weight is 352 g/mol. The summed E-state index contributed by atoms with van der Waals surface area (Å²) >= 11 is 1.42. The Kier molecular flexibility index (Phi) is 5.50. The highest BCUT2D eigenvalue weighted by Gasteiger charge is 2.16. The molecule has 3 heterocycles. The molecule has 3 rings (SSSR count). The van der Waals surface area contributed by atoms with Crippen molar-refractivity contribution in [2.24, 2.45) is 0 Å². The van der Waals surface area contributed by atoms with Gasteiger partial charge in [-0.25, -0.2) is 4.98 Å². The molecule has 0 radical (unpaired) electrons. The second-order valence-corrected chi connectivity index (χ2v) is 6.76. The van der Waals surface area contributed by atoms with Crippen molar-refractivity contribution >= 4 is 17.2 Å². The van der Waals surface area contributed by atoms with Gasteiger partial charge in [-0.15, -0.1) is 11.3 Å². The first-order valence-electron chi connectivity index (χ1n) is 8.27. The standard InChI is InChI=1S/C19H20N4OS/c1-3-5-16-10-15(7-9-21-16)19-23-13(2)17(25-19)18(24)22-12-14-6-4-8-20-11-14/h4,6-11H,3,5,12H2,1-2H3,(H,22,24). The van der Waals surface area contributed by atoms with E-state index in [2.05, 4.69) is 33.3 Å². The Hall–Kier alpha value is -2.60. The van der Waals surface area contributed by atoms with Gasteiger partial charge in [0.1, 0.15) is 9.88 Å². The number of nitrogens with zero attached hydrogens (tertiary/aromatic N) is 3. The van der Waals surface area contributed by atoms with E-state index in [1.54, 1.807) is 18.6 Å². The summed E-state index contributed by atoms with van der Waals surface area (Å²) in [6, 6.07) is 7.78. The highest BCUT2D eigenvalue weighted by atomic mass is 32.1. The summed E-state index contributed by atoms with van der Waals surface area (Å²) in [5, 5.41) is 3.78. The molecule has 3 aromatic heterocycles. The van der Waals surface area contributed by atoms with Gasteiger partial charge in [-0.3, -0.25) is 14.8 Å². The minimum atomic E-state index is -0.104. The second-order valence-electron chi connectivity index (χ2n) is 5.76. The molecule has 25 heavy (non-hydrogen) atoms. The zero-order valence-corrected chi connectivity index (χ0v) is 15.1. The number of aromatic nitrogens is 3. The molecule has 0 bridgehead atoms. The molecule has 0 saturated carbocycles. The van der Waals surface area contributed by atoms with Gasteiger partial charge in [-0.1, -0.05) is 19.4 Å². The summed E-state index contributed by atoms with van der Waals surface area (Å²) in [6.07, 6.45) is 7.26. The van der Waals surface area contributed by atoms with Crippen LogP contribution in [-0.2, 0) is 13.0 Å². The number of carbonyl (C=O) groups is 1. The molecular formula is C19H20N4OS. The highest BCUT2D eigenvalue weighted by molar-refractivity contribution is 7.17. The Bertz CT molecular complexity index is 861. The van der Waals surface area contributed by atoms with Crippen LogP contribution in [0.15, 0.2) is 42.9 Å². The molecule has 1 amide bonds. The predicted molar refractivity (Wildman–Crippen MR) is 99.5 cm³/mol. The van der Waals surface area contributed by atoms with E-state index in [0.29, 0.717) is 11.4 Å². The molecule has 3 aromatic rings. The van der Waals surface area contributed by atoms with E-state index in [4.69, 9.17) is 0 Å². The van der Waals surface area contributed by atoms with Crippen molar-refractivity contribution < 1.29 is 4.79 Å². The number of thiazole rings is 1. The van der Waals surface area contributed by atoms with Crippen LogP contribution in [0.1, 0.15) is 40.0 Å². The third-order valence-corrected chi connectivity index (χ3v) is 4.95. The molecular weight excluding hydrogens is 332 g/mol. The molecule has 5 nitrogen and oxygen atoms in total. The quantitative estimate of drug-likeness (QED) is 0.733. The summed E-state index contributed by atoms with van der Waals surface area (Å²) in [7, 11) is 0. The Labute approximate surface area is 151 Å². The summed E-state index contributed by atoms with van der Waals surface area (Å²) < 4.78 is 0. The molecule has 0 aliphatic heterocycles. The van der Waals surface area contributed by atoms with E-state index >= 15 is 0 Å². The van der Waals surface area contributed by atoms with Crippen LogP contribution in [0.3, 0.4) is 0 Å². The molecule has 128 valence electrons. The summed E-state index contributed by atoms with van der Waals surface area (Å²) in [5.41, 5.74) is 3.78. The van der Waals surface area contributed by atoms with Gasteiger partial charge >= 0.3 is 0 Å². The maximum Gasteiger partial charge on any atom is 0.263 e. The van der Waals surface area contributed by atoms with Crippen LogP contribution in [0.2, 0.25) is 0 Å². The Balaban J connectivity index is 1.75. The average Bonchev–Trinajstić information content (AvgIpc) is 3.03. The van der Waals surface area contributed by atoms with Crippen LogP contribution in [0.4, 0.5) is 0 Å². The molecule has 0 saturated heterocycles. The number of rotatable bonds is 6. The first-order valence-corrected chi connectivity index (χ1v) is 9.09. The van der Waals surface area contributed by atoms with Crippen molar-refractivity contribution in [2.45, 2.75) is 33.2 Å². The largest absolute Gasteiger partial charge is 0.347 e. The molecule has 0 aliphatic rings. The van der Waals surface area contributed by atoms with E-state index in [-0.39, 0.29) is 5.91 Å². The van der Waals surface area contributed by atoms with Crippen molar-refractivity contribution in [3.63, 3.8) is 0 Å². The third kappa shape index (κ3) is 4.28. The van der Waals surface area contributed by atoms with Crippen molar-refractivity contribution in [2.75, 3.05) is 0 Å². The number of nitrogens with one attached hydrogen (secondary N) is 1. The number of pyridine rings is 2. The van der Waals surface area contributed by atoms with Crippen LogP contribution in [0.25, 0.3) is 10.6 Å². The van der Waals surface area contributed by atoms with Crippen LogP contribution in [0.5, 0.6) is 0 Å². The molecule has 1 N–H and O–H groups in total. The number of carbonyl (C=O) groups excluding carboxylic acids is 1. The van der Waals surface area contributed by atoms with Crippen molar-refractivity contribution in [1.29, 1.82) is 0 Å². The first kappa shape index (κ1) is 17.2. The topological polar surface area (TPSA) is 67.8 Å². The zero-order chi connectivity index (χ0) is 17.6. The third-order valence-electron chi connectivity index (χ3n) is 3.75. The summed E-state index contributed by atoms with van der Waals surface area (Å²) in [4.78, 5) is 26.1. The van der Waals surface area contributed by atoms with Gasteiger partial charge in [0.25, 0.3) is 5.91 Å². The number of hydrogen-bond acceptors (Lipinski definition) is 5. The SMILES string of the molecule is CCCc1cc(-c2nc(C)c(C(=O)NCc3cccnc3)s2)ccn1. The van der Waals surface area contributed by atoms with E-state index < -0.39 is 0 Å². The van der Waals surface area contributed by atoms with Gasteiger partial charge in [0.2, 0.25) is 0 Å². The van der Waals surface area contributed by atoms with E-state index in [0.717, 1.165) is 40.4 Å². The van der Waals surface area contributed by atoms with Gasteiger partial charge in [0, 0.05) is 36.4 Å². The Morgan fingerprint density at radius 1 is 1.28 bits per heavy atom. The minimum Gasteiger partial charge on any atom is -0.347 e. The van der Waals surface area contributed by atoms with E-state index in [1.807, 2.05) is 25.1 Å². The zero-order valence-electron chi connectivity index (χ0n) is 14.3. The first-order chi connectivity index (χ1) is 12.2. The molecule has 0 atom stereocenters. The van der Waals surface area contributed by atoms with Crippen molar-refractivity contribution in [3.8, 4) is 10.6 Å². The molecule has 0 unspecified atom stereocenters. The lowest BCUT2D eigenvalue weighted by molar-refractivity contribution is 0.0954. The fourth-order valence-corrected chi connectivity index (χ4v) is 3.48. The Morgan fingerprint density at radius 2 is 2.16 bits per heavy atom.